The molecule has 5 aliphatic rings. The Morgan fingerprint density at radius 1 is 0.662 bits per heavy atom. The van der Waals surface area contributed by atoms with E-state index in [1.54, 1.807) is 27.7 Å². The van der Waals surface area contributed by atoms with Gasteiger partial charge in [0.25, 0.3) is 0 Å². The van der Waals surface area contributed by atoms with Gasteiger partial charge >= 0.3 is 5.97 Å². The molecule has 0 spiro atoms. The first-order valence-corrected chi connectivity index (χ1v) is 26.1. The number of aliphatic hydroxyl groups excluding tert-OH is 7. The molecule has 7 N–H and O–H groups in total. The maximum absolute atomic E-state index is 13.8. The number of allylic oxidation sites excluding steroid dienone is 1. The first kappa shape index (κ1) is 59.9. The number of hydrogen-bond donors (Lipinski definition) is 7. The van der Waals surface area contributed by atoms with E-state index in [9.17, 15) is 45.3 Å². The average molecular weight is 1020 g/mol. The van der Waals surface area contributed by atoms with Crippen LogP contribution in [-0.2, 0) is 66.4 Å². The molecule has 0 aromatic carbocycles. The number of carbonyl (C=O) groups excluding carboxylic acids is 2. The molecule has 5 fully saturated rings. The summed E-state index contributed by atoms with van der Waals surface area (Å²) < 4.78 is 75.8. The van der Waals surface area contributed by atoms with E-state index in [0.717, 1.165) is 57.8 Å². The van der Waals surface area contributed by atoms with Crippen LogP contribution in [0.15, 0.2) is 12.3 Å². The highest BCUT2D eigenvalue weighted by Crippen LogP contribution is 2.38. The smallest absolute Gasteiger partial charge is 0.306 e. The van der Waals surface area contributed by atoms with Crippen LogP contribution in [0.4, 0.5) is 0 Å². The molecule has 21 heteroatoms. The second-order valence-electron chi connectivity index (χ2n) is 20.0. The fraction of sp³-hybridized carbons (Fsp3) is 0.920. The van der Waals surface area contributed by atoms with Gasteiger partial charge in [-0.2, -0.15) is 0 Å². The van der Waals surface area contributed by atoms with Gasteiger partial charge in [-0.1, -0.05) is 92.1 Å². The van der Waals surface area contributed by atoms with Crippen molar-refractivity contribution < 1.29 is 102 Å². The maximum atomic E-state index is 13.8. The molecule has 5 heterocycles. The van der Waals surface area contributed by atoms with Gasteiger partial charge in [-0.15, -0.1) is 0 Å². The van der Waals surface area contributed by atoms with Gasteiger partial charge in [0.15, 0.2) is 49.9 Å². The van der Waals surface area contributed by atoms with Crippen LogP contribution in [0.3, 0.4) is 0 Å². The number of Topliss-reactive ketones (excluding diaryl/α,β-unsaturated/α-hetero) is 1. The van der Waals surface area contributed by atoms with Crippen molar-refractivity contribution in [3.05, 3.63) is 12.3 Å². The molecule has 21 unspecified atom stereocenters. The van der Waals surface area contributed by atoms with Gasteiger partial charge in [-0.25, -0.2) is 0 Å². The highest BCUT2D eigenvalue weighted by Gasteiger charge is 2.57. The Morgan fingerprint density at radius 2 is 1.31 bits per heavy atom. The lowest BCUT2D eigenvalue weighted by atomic mass is 9.95. The third kappa shape index (κ3) is 16.5. The van der Waals surface area contributed by atoms with E-state index in [4.69, 9.17) is 56.8 Å². The summed E-state index contributed by atoms with van der Waals surface area (Å²) in [5.74, 6) is -1.03. The van der Waals surface area contributed by atoms with Crippen LogP contribution in [0.2, 0.25) is 0 Å². The molecule has 0 aromatic heterocycles. The maximum Gasteiger partial charge on any atom is 0.306 e. The zero-order valence-electron chi connectivity index (χ0n) is 42.8. The van der Waals surface area contributed by atoms with Crippen molar-refractivity contribution in [1.29, 1.82) is 0 Å². The molecule has 21 nitrogen and oxygen atoms in total. The largest absolute Gasteiger partial charge is 0.473 e. The molecule has 0 amide bonds. The number of hydrogen-bond acceptors (Lipinski definition) is 21. The van der Waals surface area contributed by atoms with Gasteiger partial charge in [-0.05, 0) is 40.0 Å². The lowest BCUT2D eigenvalue weighted by Gasteiger charge is -2.51. The summed E-state index contributed by atoms with van der Waals surface area (Å²) in [5, 5.41) is 78.2. The molecule has 5 rings (SSSR count). The number of ketones is 1. The van der Waals surface area contributed by atoms with Gasteiger partial charge in [0, 0.05) is 18.8 Å². The van der Waals surface area contributed by atoms with E-state index < -0.39 is 155 Å². The second kappa shape index (κ2) is 29.3. The molecule has 412 valence electrons. The third-order valence-corrected chi connectivity index (χ3v) is 14.1. The number of rotatable bonds is 18. The van der Waals surface area contributed by atoms with Crippen molar-refractivity contribution in [3.8, 4) is 0 Å². The summed E-state index contributed by atoms with van der Waals surface area (Å²) >= 11 is 0. The average Bonchev–Trinajstić information content (AvgIpc) is 3.34. The summed E-state index contributed by atoms with van der Waals surface area (Å²) in [6.07, 6.45) is -19.1. The van der Waals surface area contributed by atoms with Gasteiger partial charge in [0.2, 0.25) is 0 Å². The Balaban J connectivity index is 1.60. The van der Waals surface area contributed by atoms with E-state index in [2.05, 4.69) is 13.5 Å². The van der Waals surface area contributed by atoms with E-state index in [0.29, 0.717) is 31.4 Å². The summed E-state index contributed by atoms with van der Waals surface area (Å²) in [6.45, 7) is 14.2. The molecule has 21 atom stereocenters. The van der Waals surface area contributed by atoms with Crippen LogP contribution in [0.5, 0.6) is 0 Å². The van der Waals surface area contributed by atoms with E-state index in [-0.39, 0.29) is 18.3 Å². The fourth-order valence-corrected chi connectivity index (χ4v) is 9.39. The predicted octanol–water partition coefficient (Wildman–Crippen LogP) is 2.55. The van der Waals surface area contributed by atoms with Gasteiger partial charge < -0.3 is 92.6 Å². The number of carbonyl (C=O) groups is 2. The molecule has 5 saturated heterocycles. The van der Waals surface area contributed by atoms with E-state index in [1.165, 1.54) is 6.92 Å². The number of aliphatic hydroxyl groups is 7. The Hall–Kier alpha value is -2.00. The Kier molecular flexibility index (Phi) is 24.7. The van der Waals surface area contributed by atoms with Gasteiger partial charge in [0.05, 0.1) is 36.8 Å². The first-order chi connectivity index (χ1) is 33.9. The summed E-state index contributed by atoms with van der Waals surface area (Å²) in [5.41, 5.74) is 0. The molecule has 0 aromatic rings. The quantitative estimate of drug-likeness (QED) is 0.0449. The van der Waals surface area contributed by atoms with Crippen molar-refractivity contribution in [2.45, 2.75) is 267 Å². The van der Waals surface area contributed by atoms with Crippen LogP contribution in [0.25, 0.3) is 0 Å². The lowest BCUT2D eigenvalue weighted by molar-refractivity contribution is -0.404. The van der Waals surface area contributed by atoms with Crippen molar-refractivity contribution in [2.24, 2.45) is 5.92 Å². The van der Waals surface area contributed by atoms with Crippen LogP contribution in [0, 0.1) is 5.92 Å². The fourth-order valence-electron chi connectivity index (χ4n) is 9.39. The summed E-state index contributed by atoms with van der Waals surface area (Å²) in [4.78, 5) is 26.8. The van der Waals surface area contributed by atoms with E-state index >= 15 is 0 Å². The van der Waals surface area contributed by atoms with E-state index in [1.807, 2.05) is 6.92 Å². The molecule has 2 bridgehead atoms. The minimum absolute atomic E-state index is 0.0191. The Labute approximate surface area is 418 Å². The second-order valence-corrected chi connectivity index (χ2v) is 20.0. The molecule has 0 radical (unpaired) electrons. The SMILES string of the molecule is C=C(CC)OCOC1C(OC2C3OC(CO)C(O)C2OC(=O)CCCCCCCCCC(CCCCC)OC2OC(C)C(O)C(O)C2O3)OC(C)C(OCC(=O)C(C)C)C1OC1OC(C)C(O)C(O)C1O. The Bertz CT molecular complexity index is 1590. The van der Waals surface area contributed by atoms with Gasteiger partial charge in [-0.3, -0.25) is 9.59 Å². The zero-order valence-corrected chi connectivity index (χ0v) is 42.8. The van der Waals surface area contributed by atoms with Crippen molar-refractivity contribution in [1.82, 2.24) is 0 Å². The molecule has 71 heavy (non-hydrogen) atoms. The molecule has 0 aliphatic carbocycles. The Morgan fingerprint density at radius 3 is 1.99 bits per heavy atom. The van der Waals surface area contributed by atoms with Crippen LogP contribution < -0.4 is 0 Å². The summed E-state index contributed by atoms with van der Waals surface area (Å²) in [7, 11) is 0. The van der Waals surface area contributed by atoms with Crippen LogP contribution in [-0.4, -0.2) is 196 Å². The number of fused-ring (bicyclic) bond motifs is 3. The highest BCUT2D eigenvalue weighted by atomic mass is 16.8. The lowest BCUT2D eigenvalue weighted by Crippen LogP contribution is -2.68. The molecular formula is C50H86O21. The number of unbranched alkanes of at least 4 members (excludes halogenated alkanes) is 2. The minimum Gasteiger partial charge on any atom is -0.473 e. The zero-order chi connectivity index (χ0) is 51.9. The van der Waals surface area contributed by atoms with Crippen LogP contribution in [0.1, 0.15) is 138 Å². The standard InChI is InChI=1S/C50H86O21/c1-9-11-17-20-31-21-18-15-13-12-14-16-19-22-34(53)68-42-37(56)33(23-51)67-50(69-43-39(58)36(55)29(7)64-48(43)66-31)46(42)71-49-45(62-25-61-27(5)10-2)44(41(30(8)65-49)60-24-32(52)26(3)4)70-47-40(59)38(57)35(54)28(6)63-47/h26,28-31,33,35-51,54-59H,5,9-25H2,1-4,6-8H3. The highest BCUT2D eigenvalue weighted by molar-refractivity contribution is 5.81. The predicted molar refractivity (Wildman–Crippen MR) is 250 cm³/mol. The number of esters is 1. The van der Waals surface area contributed by atoms with Crippen molar-refractivity contribution in [3.63, 3.8) is 0 Å². The topological polar surface area (TPSA) is 287 Å². The normalized spacial score (nSPS) is 41.5. The van der Waals surface area contributed by atoms with Gasteiger partial charge in [0.1, 0.15) is 73.8 Å². The summed E-state index contributed by atoms with van der Waals surface area (Å²) in [6, 6.07) is 0. The minimum atomic E-state index is -1.80. The monoisotopic (exact) mass is 1020 g/mol. The van der Waals surface area contributed by atoms with Crippen molar-refractivity contribution in [2.75, 3.05) is 20.0 Å². The molecular weight excluding hydrogens is 937 g/mol. The molecule has 0 saturated carbocycles. The van der Waals surface area contributed by atoms with Crippen LogP contribution >= 0.6 is 0 Å². The van der Waals surface area contributed by atoms with Crippen molar-refractivity contribution >= 4 is 11.8 Å². The number of ether oxygens (including phenoxy) is 12. The first-order valence-electron chi connectivity index (χ1n) is 26.1. The molecule has 5 aliphatic heterocycles. The third-order valence-electron chi connectivity index (χ3n) is 14.1.